The minimum absolute atomic E-state index is 0.936. The molecule has 0 fully saturated rings. The molecule has 2 aliphatic heterocycles. The van der Waals surface area contributed by atoms with Gasteiger partial charge in [0.2, 0.25) is 0 Å². The summed E-state index contributed by atoms with van der Waals surface area (Å²) in [4.78, 5) is 18.0. The van der Waals surface area contributed by atoms with Gasteiger partial charge in [-0.05, 0) is 96.6 Å². The Balaban J connectivity index is 1.68. The van der Waals surface area contributed by atoms with E-state index in [1.165, 1.54) is 21.6 Å². The Morgan fingerprint density at radius 1 is 0.750 bits per heavy atom. The van der Waals surface area contributed by atoms with Crippen molar-refractivity contribution < 1.29 is 0 Å². The van der Waals surface area contributed by atoms with Crippen molar-refractivity contribution in [3.05, 3.63) is 81.7 Å². The summed E-state index contributed by atoms with van der Waals surface area (Å²) in [5.74, 6) is 0. The van der Waals surface area contributed by atoms with E-state index in [0.717, 1.165) is 51.3 Å². The third-order valence-corrected chi connectivity index (χ3v) is 7.04. The number of nitrogens with zero attached hydrogens (tertiary/aromatic N) is 2. The Labute approximate surface area is 190 Å². The summed E-state index contributed by atoms with van der Waals surface area (Å²) in [6.45, 7) is 4.42. The number of aromatic amines is 2. The van der Waals surface area contributed by atoms with E-state index in [1.807, 2.05) is 17.4 Å². The van der Waals surface area contributed by atoms with Crippen molar-refractivity contribution in [2.45, 2.75) is 20.3 Å². The Hall–Kier alpha value is -3.70. The quantitative estimate of drug-likeness (QED) is 0.301. The van der Waals surface area contributed by atoms with Crippen molar-refractivity contribution in [1.82, 2.24) is 19.9 Å². The smallest absolute Gasteiger partial charge is 0.0658 e. The number of aromatic nitrogens is 4. The third-order valence-electron chi connectivity index (χ3n) is 5.87. The van der Waals surface area contributed by atoms with Gasteiger partial charge in [-0.1, -0.05) is 6.92 Å². The van der Waals surface area contributed by atoms with Crippen LogP contribution in [0.5, 0.6) is 0 Å². The minimum Gasteiger partial charge on any atom is -0.355 e. The minimum atomic E-state index is 0.936. The molecule has 0 radical (unpaired) electrons. The number of fused-ring (bicyclic) bond motifs is 8. The fourth-order valence-electron chi connectivity index (χ4n) is 4.34. The van der Waals surface area contributed by atoms with Crippen LogP contribution in [-0.4, -0.2) is 19.9 Å². The van der Waals surface area contributed by atoms with Gasteiger partial charge in [-0.3, -0.25) is 0 Å². The van der Waals surface area contributed by atoms with Crippen LogP contribution in [0.3, 0.4) is 0 Å². The molecule has 0 atom stereocenters. The number of rotatable bonds is 2. The summed E-state index contributed by atoms with van der Waals surface area (Å²) < 4.78 is 0. The summed E-state index contributed by atoms with van der Waals surface area (Å²) in [6, 6.07) is 14.7. The SMILES string of the molecule is CCc1c(C)csc1-c1cc2cc3nc(cc4ccc(cc5nc(cc1[nH]2)C=C5)[nH]4)C=C3. The molecule has 0 saturated heterocycles. The van der Waals surface area contributed by atoms with E-state index in [-0.39, 0.29) is 0 Å². The molecule has 0 saturated carbocycles. The second kappa shape index (κ2) is 7.46. The highest BCUT2D eigenvalue weighted by Gasteiger charge is 2.13. The van der Waals surface area contributed by atoms with Crippen LogP contribution in [-0.2, 0) is 6.42 Å². The van der Waals surface area contributed by atoms with Crippen molar-refractivity contribution in [3.8, 4) is 10.4 Å². The maximum Gasteiger partial charge on any atom is 0.0658 e. The molecule has 6 rings (SSSR count). The highest BCUT2D eigenvalue weighted by Crippen LogP contribution is 2.36. The standard InChI is InChI=1S/C27H22N4S/c1-3-24-16(2)15-32-27(24)25-13-23-12-21-7-6-19(29-21)10-17-4-5-18(28-17)11-20-8-9-22(30-20)14-26(25)31-23/h4-15,28,31H,3H2,1-2H3. The van der Waals surface area contributed by atoms with Gasteiger partial charge in [0.05, 0.1) is 22.8 Å². The molecule has 0 amide bonds. The predicted octanol–water partition coefficient (Wildman–Crippen LogP) is 7.25. The summed E-state index contributed by atoms with van der Waals surface area (Å²) in [7, 11) is 0. The van der Waals surface area contributed by atoms with Crippen LogP contribution < -0.4 is 0 Å². The van der Waals surface area contributed by atoms with Crippen molar-refractivity contribution in [2.24, 2.45) is 0 Å². The van der Waals surface area contributed by atoms with E-state index in [4.69, 9.17) is 9.97 Å². The number of hydrogen-bond acceptors (Lipinski definition) is 3. The second-order valence-electron chi connectivity index (χ2n) is 8.17. The van der Waals surface area contributed by atoms with E-state index in [1.54, 1.807) is 0 Å². The Morgan fingerprint density at radius 3 is 1.97 bits per heavy atom. The van der Waals surface area contributed by atoms with Crippen molar-refractivity contribution >= 4 is 57.7 Å². The molecule has 5 heteroatoms. The Kier molecular flexibility index (Phi) is 4.44. The zero-order chi connectivity index (χ0) is 21.7. The zero-order valence-electron chi connectivity index (χ0n) is 17.9. The van der Waals surface area contributed by atoms with Gasteiger partial charge in [0.15, 0.2) is 0 Å². The van der Waals surface area contributed by atoms with Gasteiger partial charge in [-0.25, -0.2) is 9.97 Å². The predicted molar refractivity (Wildman–Crippen MR) is 136 cm³/mol. The van der Waals surface area contributed by atoms with Gasteiger partial charge < -0.3 is 9.97 Å². The van der Waals surface area contributed by atoms with E-state index in [9.17, 15) is 0 Å². The van der Waals surface area contributed by atoms with Gasteiger partial charge >= 0.3 is 0 Å². The van der Waals surface area contributed by atoms with E-state index in [2.05, 4.69) is 89.9 Å². The lowest BCUT2D eigenvalue weighted by Crippen LogP contribution is -1.83. The highest BCUT2D eigenvalue weighted by atomic mass is 32.1. The maximum atomic E-state index is 4.82. The van der Waals surface area contributed by atoms with Crippen LogP contribution in [0.1, 0.15) is 40.8 Å². The van der Waals surface area contributed by atoms with E-state index in [0.29, 0.717) is 0 Å². The molecule has 2 aliphatic rings. The van der Waals surface area contributed by atoms with Gasteiger partial charge in [0, 0.05) is 32.5 Å². The molecule has 2 N–H and O–H groups in total. The van der Waals surface area contributed by atoms with Crippen LogP contribution in [0.25, 0.3) is 56.8 Å². The van der Waals surface area contributed by atoms with Gasteiger partial charge in [0.25, 0.3) is 0 Å². The van der Waals surface area contributed by atoms with Crippen LogP contribution in [0.15, 0.2) is 47.8 Å². The molecular weight excluding hydrogens is 412 g/mol. The highest BCUT2D eigenvalue weighted by molar-refractivity contribution is 7.14. The number of nitrogens with one attached hydrogen (secondary N) is 2. The fourth-order valence-corrected chi connectivity index (χ4v) is 5.52. The molecule has 0 aliphatic carbocycles. The molecule has 8 bridgehead atoms. The molecule has 0 spiro atoms. The lowest BCUT2D eigenvalue weighted by atomic mass is 10.1. The number of H-pyrrole nitrogens is 2. The topological polar surface area (TPSA) is 57.4 Å². The number of thiophene rings is 1. The van der Waals surface area contributed by atoms with Crippen LogP contribution >= 0.6 is 11.3 Å². The zero-order valence-corrected chi connectivity index (χ0v) is 18.8. The first-order valence-electron chi connectivity index (χ1n) is 10.8. The molecule has 4 nitrogen and oxygen atoms in total. The van der Waals surface area contributed by atoms with Crippen LogP contribution in [0, 0.1) is 6.92 Å². The summed E-state index contributed by atoms with van der Waals surface area (Å²) in [5.41, 5.74) is 11.9. The van der Waals surface area contributed by atoms with Gasteiger partial charge in [-0.15, -0.1) is 11.3 Å². The fraction of sp³-hybridized carbons (Fsp3) is 0.111. The van der Waals surface area contributed by atoms with E-state index < -0.39 is 0 Å². The van der Waals surface area contributed by atoms with Crippen LogP contribution in [0.4, 0.5) is 0 Å². The van der Waals surface area contributed by atoms with E-state index >= 15 is 0 Å². The van der Waals surface area contributed by atoms with Gasteiger partial charge in [0.1, 0.15) is 0 Å². The molecule has 156 valence electrons. The Morgan fingerprint density at radius 2 is 1.34 bits per heavy atom. The molecular formula is C27H22N4S. The first-order valence-corrected chi connectivity index (χ1v) is 11.7. The number of hydrogen-bond donors (Lipinski definition) is 2. The average Bonchev–Trinajstić information content (AvgIpc) is 3.57. The normalized spacial score (nSPS) is 12.6. The first-order chi connectivity index (χ1) is 15.6. The van der Waals surface area contributed by atoms with Crippen molar-refractivity contribution in [2.75, 3.05) is 0 Å². The second-order valence-corrected chi connectivity index (χ2v) is 9.05. The lowest BCUT2D eigenvalue weighted by Gasteiger charge is -2.01. The summed E-state index contributed by atoms with van der Waals surface area (Å²) in [5, 5.41) is 2.25. The molecule has 0 unspecified atom stereocenters. The molecule has 6 heterocycles. The number of aryl methyl sites for hydroxylation is 1. The molecule has 4 aromatic heterocycles. The van der Waals surface area contributed by atoms with Crippen LogP contribution in [0.2, 0.25) is 0 Å². The maximum absolute atomic E-state index is 4.82. The van der Waals surface area contributed by atoms with Crippen molar-refractivity contribution in [3.63, 3.8) is 0 Å². The summed E-state index contributed by atoms with van der Waals surface area (Å²) >= 11 is 1.81. The molecule has 32 heavy (non-hydrogen) atoms. The van der Waals surface area contributed by atoms with Gasteiger partial charge in [-0.2, -0.15) is 0 Å². The van der Waals surface area contributed by atoms with Crippen molar-refractivity contribution in [1.29, 1.82) is 0 Å². The lowest BCUT2D eigenvalue weighted by molar-refractivity contribution is 1.13. The Bertz CT molecular complexity index is 1580. The largest absolute Gasteiger partial charge is 0.355 e. The average molecular weight is 435 g/mol. The molecule has 0 aromatic carbocycles. The third kappa shape index (κ3) is 3.41. The first kappa shape index (κ1) is 19.0. The summed E-state index contributed by atoms with van der Waals surface area (Å²) in [6.07, 6.45) is 9.25. The molecule has 4 aromatic rings. The monoisotopic (exact) mass is 434 g/mol.